The second kappa shape index (κ2) is 9.65. The monoisotopic (exact) mass is 450 g/mol. The molecule has 0 aliphatic carbocycles. The van der Waals surface area contributed by atoms with Crippen molar-refractivity contribution in [3.63, 3.8) is 0 Å². The molecule has 0 saturated carbocycles. The Bertz CT molecular complexity index is 1110. The van der Waals surface area contributed by atoms with Crippen LogP contribution in [0.3, 0.4) is 0 Å². The zero-order valence-corrected chi connectivity index (χ0v) is 19.6. The molecule has 2 aromatic heterocycles. The molecule has 4 rings (SSSR count). The van der Waals surface area contributed by atoms with Gasteiger partial charge in [-0.2, -0.15) is 0 Å². The summed E-state index contributed by atoms with van der Waals surface area (Å²) in [5.41, 5.74) is 3.13. The Morgan fingerprint density at radius 2 is 2.16 bits per heavy atom. The van der Waals surface area contributed by atoms with Crippen LogP contribution in [-0.4, -0.2) is 58.7 Å². The lowest BCUT2D eigenvalue weighted by molar-refractivity contribution is 0.162. The van der Waals surface area contributed by atoms with E-state index in [2.05, 4.69) is 34.2 Å². The molecule has 0 bridgehead atoms. The lowest BCUT2D eigenvalue weighted by Gasteiger charge is -2.42. The van der Waals surface area contributed by atoms with E-state index in [-0.39, 0.29) is 18.6 Å². The molecular weight excluding hydrogens is 420 g/mol. The van der Waals surface area contributed by atoms with E-state index in [1.165, 1.54) is 11.8 Å². The summed E-state index contributed by atoms with van der Waals surface area (Å²) in [5, 5.41) is 12.7. The van der Waals surface area contributed by atoms with Crippen LogP contribution in [0.15, 0.2) is 53.7 Å². The summed E-state index contributed by atoms with van der Waals surface area (Å²) in [6.07, 6.45) is 4.67. The van der Waals surface area contributed by atoms with E-state index in [9.17, 15) is 4.79 Å². The van der Waals surface area contributed by atoms with E-state index in [0.29, 0.717) is 17.5 Å². The van der Waals surface area contributed by atoms with Crippen molar-refractivity contribution in [2.24, 2.45) is 5.92 Å². The number of likely N-dealkylation sites (tertiary alicyclic amines) is 1. The highest BCUT2D eigenvalue weighted by Crippen LogP contribution is 2.30. The highest BCUT2D eigenvalue weighted by Gasteiger charge is 2.32. The number of H-pyrrole nitrogens is 1. The van der Waals surface area contributed by atoms with Crippen LogP contribution in [0.25, 0.3) is 11.0 Å². The van der Waals surface area contributed by atoms with E-state index in [1.54, 1.807) is 0 Å². The first-order chi connectivity index (χ1) is 15.4. The number of aromatic nitrogens is 2. The van der Waals surface area contributed by atoms with E-state index in [1.807, 2.05) is 60.6 Å². The second-order valence-electron chi connectivity index (χ2n) is 8.41. The van der Waals surface area contributed by atoms with Crippen LogP contribution in [0, 0.1) is 18.3 Å². The van der Waals surface area contributed by atoms with Gasteiger partial charge in [-0.1, -0.05) is 36.9 Å². The minimum atomic E-state index is -0.105. The number of pyridine rings is 1. The number of carbonyl (C=O) groups excluding carboxylic acids is 1. The van der Waals surface area contributed by atoms with Crippen LogP contribution >= 0.6 is 11.8 Å². The normalized spacial score (nSPS) is 18.5. The molecule has 0 radical (unpaired) electrons. The molecule has 8 heteroatoms. The number of anilines is 1. The average molecular weight is 451 g/mol. The van der Waals surface area contributed by atoms with Crippen LogP contribution < -0.4 is 10.2 Å². The van der Waals surface area contributed by atoms with Crippen molar-refractivity contribution in [2.45, 2.75) is 31.2 Å². The molecule has 168 valence electrons. The molecular formula is C24H30N6OS. The van der Waals surface area contributed by atoms with E-state index < -0.39 is 0 Å². The number of thioether (sulfide) groups is 1. The number of carbonyl (C=O) groups is 1. The molecule has 1 saturated heterocycles. The number of aromatic amines is 1. The Labute approximate surface area is 193 Å². The van der Waals surface area contributed by atoms with Gasteiger partial charge in [-0.15, -0.1) is 0 Å². The molecule has 2 amide bonds. The third-order valence-corrected chi connectivity index (χ3v) is 7.32. The number of rotatable bonds is 5. The van der Waals surface area contributed by atoms with Crippen LogP contribution in [0.2, 0.25) is 0 Å². The van der Waals surface area contributed by atoms with Gasteiger partial charge in [-0.3, -0.25) is 5.41 Å². The number of nitrogens with one attached hydrogen (secondary N) is 3. The quantitative estimate of drug-likeness (QED) is 0.303. The van der Waals surface area contributed by atoms with E-state index in [4.69, 9.17) is 5.41 Å². The predicted molar refractivity (Wildman–Crippen MR) is 132 cm³/mol. The smallest absolute Gasteiger partial charge is 0.317 e. The van der Waals surface area contributed by atoms with Gasteiger partial charge < -0.3 is 20.1 Å². The van der Waals surface area contributed by atoms with Crippen LogP contribution in [-0.2, 0) is 0 Å². The first kappa shape index (κ1) is 22.2. The standard InChI is InChI=1S/C24H30N6OS/c1-16-10-13-30(24(31)28-14-22(25)32-21-7-5-4-6-17(21)2)15-20(16)29(3)19-9-12-27-23-18(19)8-11-26-23/h4-9,11-12,16,20,25H,10,13-15H2,1-3H3,(H,26,27)(H,28,31)/t16-,20+/m1/s1. The molecule has 0 spiro atoms. The Morgan fingerprint density at radius 1 is 1.34 bits per heavy atom. The lowest BCUT2D eigenvalue weighted by Crippen LogP contribution is -2.55. The molecule has 7 nitrogen and oxygen atoms in total. The summed E-state index contributed by atoms with van der Waals surface area (Å²) in [5.74, 6) is 0.459. The summed E-state index contributed by atoms with van der Waals surface area (Å²) < 4.78 is 0. The Morgan fingerprint density at radius 3 is 2.97 bits per heavy atom. The van der Waals surface area contributed by atoms with Gasteiger partial charge in [0, 0.05) is 54.5 Å². The molecule has 3 heterocycles. The second-order valence-corrected chi connectivity index (χ2v) is 9.55. The maximum Gasteiger partial charge on any atom is 0.317 e. The van der Waals surface area contributed by atoms with Gasteiger partial charge in [0.25, 0.3) is 0 Å². The maximum absolute atomic E-state index is 12.9. The highest BCUT2D eigenvalue weighted by molar-refractivity contribution is 8.14. The molecule has 1 aromatic carbocycles. The number of benzene rings is 1. The first-order valence-electron chi connectivity index (χ1n) is 10.9. The molecule has 3 aromatic rings. The number of fused-ring (bicyclic) bond motifs is 1. The summed E-state index contributed by atoms with van der Waals surface area (Å²) in [7, 11) is 2.10. The predicted octanol–water partition coefficient (Wildman–Crippen LogP) is 4.50. The van der Waals surface area contributed by atoms with Crippen LogP contribution in [0.5, 0.6) is 0 Å². The minimum Gasteiger partial charge on any atom is -0.369 e. The lowest BCUT2D eigenvalue weighted by atomic mass is 9.92. The fraction of sp³-hybridized carbons (Fsp3) is 0.375. The van der Waals surface area contributed by atoms with Gasteiger partial charge in [0.05, 0.1) is 11.6 Å². The van der Waals surface area contributed by atoms with Crippen molar-refractivity contribution in [3.05, 3.63) is 54.4 Å². The third kappa shape index (κ3) is 4.75. The van der Waals surface area contributed by atoms with Gasteiger partial charge in [-0.25, -0.2) is 9.78 Å². The number of likely N-dealkylation sites (N-methyl/N-ethyl adjacent to an activating group) is 1. The molecule has 3 N–H and O–H groups in total. The summed E-state index contributed by atoms with van der Waals surface area (Å²) in [6, 6.07) is 12.2. The van der Waals surface area contributed by atoms with Crippen molar-refractivity contribution in [1.82, 2.24) is 20.2 Å². The fourth-order valence-corrected chi connectivity index (χ4v) is 5.06. The van der Waals surface area contributed by atoms with Gasteiger partial charge >= 0.3 is 6.03 Å². The number of nitrogens with zero attached hydrogens (tertiary/aromatic N) is 3. The minimum absolute atomic E-state index is 0.105. The van der Waals surface area contributed by atoms with Crippen LogP contribution in [0.1, 0.15) is 18.9 Å². The molecule has 2 atom stereocenters. The van der Waals surface area contributed by atoms with Gasteiger partial charge in [0.15, 0.2) is 0 Å². The molecule has 1 fully saturated rings. The largest absolute Gasteiger partial charge is 0.369 e. The third-order valence-electron chi connectivity index (χ3n) is 6.25. The van der Waals surface area contributed by atoms with Gasteiger partial charge in [0.1, 0.15) is 5.65 Å². The maximum atomic E-state index is 12.9. The van der Waals surface area contributed by atoms with E-state index in [0.717, 1.165) is 40.1 Å². The van der Waals surface area contributed by atoms with Crippen molar-refractivity contribution in [1.29, 1.82) is 5.41 Å². The number of amides is 2. The number of hydrogen-bond donors (Lipinski definition) is 3. The highest BCUT2D eigenvalue weighted by atomic mass is 32.2. The van der Waals surface area contributed by atoms with Gasteiger partial charge in [-0.05, 0) is 43.0 Å². The van der Waals surface area contributed by atoms with Crippen molar-refractivity contribution in [2.75, 3.05) is 31.6 Å². The number of urea groups is 1. The number of aryl methyl sites for hydroxylation is 1. The van der Waals surface area contributed by atoms with E-state index >= 15 is 0 Å². The fourth-order valence-electron chi connectivity index (χ4n) is 4.28. The van der Waals surface area contributed by atoms with Crippen molar-refractivity contribution in [3.8, 4) is 0 Å². The average Bonchev–Trinajstić information content (AvgIpc) is 3.28. The zero-order valence-electron chi connectivity index (χ0n) is 18.8. The summed E-state index contributed by atoms with van der Waals surface area (Å²) >= 11 is 1.40. The molecule has 32 heavy (non-hydrogen) atoms. The number of piperidine rings is 1. The number of hydrogen-bond acceptors (Lipinski definition) is 5. The summed E-state index contributed by atoms with van der Waals surface area (Å²) in [4.78, 5) is 25.6. The van der Waals surface area contributed by atoms with Gasteiger partial charge in [0.2, 0.25) is 0 Å². The zero-order chi connectivity index (χ0) is 22.7. The molecule has 1 aliphatic heterocycles. The Balaban J connectivity index is 1.37. The topological polar surface area (TPSA) is 88.1 Å². The Kier molecular flexibility index (Phi) is 6.69. The SMILES string of the molecule is Cc1ccccc1SC(=N)CNC(=O)N1CC[C@@H](C)[C@@H](N(C)c2ccnc3[nH]ccc23)C1. The molecule has 1 aliphatic rings. The van der Waals surface area contributed by atoms with Crippen LogP contribution in [0.4, 0.5) is 10.5 Å². The first-order valence-corrected chi connectivity index (χ1v) is 11.7. The van der Waals surface area contributed by atoms with Crippen molar-refractivity contribution >= 4 is 39.6 Å². The summed E-state index contributed by atoms with van der Waals surface area (Å²) in [6.45, 7) is 5.89. The molecule has 0 unspecified atom stereocenters. The Hall–Kier alpha value is -3.00. The van der Waals surface area contributed by atoms with Crippen molar-refractivity contribution < 1.29 is 4.79 Å².